The van der Waals surface area contributed by atoms with Crippen LogP contribution in [0.5, 0.6) is 5.75 Å². The van der Waals surface area contributed by atoms with Gasteiger partial charge in [0.2, 0.25) is 0 Å². The number of aryl methyl sites for hydroxylation is 1. The number of thioether (sulfide) groups is 1. The molecule has 1 aliphatic heterocycles. The summed E-state index contributed by atoms with van der Waals surface area (Å²) in [6, 6.07) is 14.0. The van der Waals surface area contributed by atoms with E-state index in [0.29, 0.717) is 45.9 Å². The lowest BCUT2D eigenvalue weighted by Crippen LogP contribution is -2.47. The van der Waals surface area contributed by atoms with Gasteiger partial charge in [-0.3, -0.25) is 9.99 Å². The SMILES string of the molecule is COc1cc(C(C)(C)c2cnc(SCc3ccc(S(=O)(=O)NC(=O)NN4CCCC4)cc3Cl)n2-c2ccc(F)c(C)c2)ccc1Cl. The molecule has 2 amide bonds. The van der Waals surface area contributed by atoms with Crippen LogP contribution in [0.3, 0.4) is 0 Å². The molecule has 5 rings (SSSR count). The molecule has 244 valence electrons. The van der Waals surface area contributed by atoms with E-state index in [-0.39, 0.29) is 15.7 Å². The molecule has 1 saturated heterocycles. The highest BCUT2D eigenvalue weighted by Gasteiger charge is 2.31. The Morgan fingerprint density at radius 2 is 1.80 bits per heavy atom. The third-order valence-corrected chi connectivity index (χ3v) is 10.9. The van der Waals surface area contributed by atoms with E-state index in [0.717, 1.165) is 29.8 Å². The smallest absolute Gasteiger partial charge is 0.343 e. The first kappa shape index (κ1) is 34.1. The number of rotatable bonds is 10. The van der Waals surface area contributed by atoms with Crippen LogP contribution in [0.4, 0.5) is 9.18 Å². The Morgan fingerprint density at radius 1 is 1.07 bits per heavy atom. The van der Waals surface area contributed by atoms with Crippen molar-refractivity contribution in [3.8, 4) is 11.4 Å². The molecule has 2 N–H and O–H groups in total. The number of carbonyl (C=O) groups is 1. The highest BCUT2D eigenvalue weighted by molar-refractivity contribution is 7.98. The molecule has 0 aliphatic carbocycles. The summed E-state index contributed by atoms with van der Waals surface area (Å²) in [7, 11) is -2.59. The van der Waals surface area contributed by atoms with Gasteiger partial charge in [-0.05, 0) is 78.9 Å². The minimum absolute atomic E-state index is 0.131. The lowest BCUT2D eigenvalue weighted by Gasteiger charge is -2.28. The Kier molecular flexibility index (Phi) is 10.2. The topological polar surface area (TPSA) is 106 Å². The van der Waals surface area contributed by atoms with Gasteiger partial charge < -0.3 is 4.74 Å². The maximum atomic E-state index is 14.3. The molecule has 46 heavy (non-hydrogen) atoms. The van der Waals surface area contributed by atoms with Crippen LogP contribution in [-0.2, 0) is 21.2 Å². The first-order chi connectivity index (χ1) is 21.8. The van der Waals surface area contributed by atoms with Gasteiger partial charge in [0.25, 0.3) is 10.0 Å². The summed E-state index contributed by atoms with van der Waals surface area (Å²) in [5, 5.41) is 3.02. The molecule has 0 radical (unpaired) electrons. The van der Waals surface area contributed by atoms with Gasteiger partial charge >= 0.3 is 6.03 Å². The Hall–Kier alpha value is -3.29. The molecule has 0 saturated carbocycles. The number of imidazole rings is 1. The maximum Gasteiger partial charge on any atom is 0.343 e. The zero-order valence-corrected chi connectivity index (χ0v) is 28.9. The summed E-state index contributed by atoms with van der Waals surface area (Å²) in [5.41, 5.74) is 5.64. The van der Waals surface area contributed by atoms with Gasteiger partial charge in [0.05, 0.1) is 28.9 Å². The zero-order valence-electron chi connectivity index (χ0n) is 25.7. The molecule has 1 aliphatic rings. The van der Waals surface area contributed by atoms with E-state index in [1.165, 1.54) is 30.0 Å². The van der Waals surface area contributed by atoms with Crippen molar-refractivity contribution in [2.75, 3.05) is 20.2 Å². The summed E-state index contributed by atoms with van der Waals surface area (Å²) < 4.78 is 49.5. The Morgan fingerprint density at radius 3 is 2.48 bits per heavy atom. The predicted molar refractivity (Wildman–Crippen MR) is 179 cm³/mol. The normalized spacial score (nSPS) is 14.0. The highest BCUT2D eigenvalue weighted by Crippen LogP contribution is 2.39. The molecule has 0 spiro atoms. The molecule has 9 nitrogen and oxygen atoms in total. The fourth-order valence-electron chi connectivity index (χ4n) is 5.22. The summed E-state index contributed by atoms with van der Waals surface area (Å²) in [6.45, 7) is 7.16. The number of sulfonamides is 1. The lowest BCUT2D eigenvalue weighted by atomic mass is 9.81. The standard InChI is InChI=1S/C32H34Cl2FN5O4S2/c1-20-15-23(9-12-27(20)35)40-29(32(2,3)22-8-11-25(33)28(16-22)44-4)18-36-31(40)45-19-21-7-10-24(17-26(21)34)46(42,43)38-30(41)37-39-13-5-6-14-39/h7-12,15-18H,5-6,13-14,19H2,1-4H3,(H2,37,38,41). The molecule has 4 aromatic rings. The second-order valence-electron chi connectivity index (χ2n) is 11.5. The molecule has 0 bridgehead atoms. The third kappa shape index (κ3) is 7.31. The van der Waals surface area contributed by atoms with E-state index >= 15 is 0 Å². The Balaban J connectivity index is 1.42. The van der Waals surface area contributed by atoms with Crippen molar-refractivity contribution in [3.05, 3.63) is 99.0 Å². The summed E-state index contributed by atoms with van der Waals surface area (Å²) in [4.78, 5) is 16.9. The van der Waals surface area contributed by atoms with E-state index in [2.05, 4.69) is 19.3 Å². The van der Waals surface area contributed by atoms with Crippen molar-refractivity contribution in [2.45, 2.75) is 54.8 Å². The van der Waals surface area contributed by atoms with Crippen molar-refractivity contribution in [1.29, 1.82) is 0 Å². The van der Waals surface area contributed by atoms with E-state index < -0.39 is 21.5 Å². The number of methoxy groups -OCH3 is 1. The Labute approximate surface area is 282 Å². The molecule has 2 heterocycles. The van der Waals surface area contributed by atoms with Crippen LogP contribution in [-0.4, -0.2) is 49.2 Å². The average molecular weight is 707 g/mol. The molecule has 14 heteroatoms. The molecule has 0 unspecified atom stereocenters. The van der Waals surface area contributed by atoms with E-state index in [4.69, 9.17) is 32.9 Å². The summed E-state index contributed by atoms with van der Waals surface area (Å²) in [5.74, 6) is 0.590. The van der Waals surface area contributed by atoms with Gasteiger partial charge in [0.1, 0.15) is 11.6 Å². The molecule has 1 aromatic heterocycles. The third-order valence-electron chi connectivity index (χ3n) is 7.93. The number of halogens is 3. The molecular weight excluding hydrogens is 672 g/mol. The van der Waals surface area contributed by atoms with Gasteiger partial charge in [-0.15, -0.1) is 0 Å². The van der Waals surface area contributed by atoms with E-state index in [1.807, 2.05) is 21.4 Å². The number of hydrazine groups is 1. The van der Waals surface area contributed by atoms with Gasteiger partial charge in [-0.1, -0.05) is 60.9 Å². The van der Waals surface area contributed by atoms with Crippen LogP contribution in [0, 0.1) is 12.7 Å². The number of nitrogens with zero attached hydrogens (tertiary/aromatic N) is 3. The Bertz CT molecular complexity index is 1880. The average Bonchev–Trinajstić information content (AvgIpc) is 3.68. The monoisotopic (exact) mass is 705 g/mol. The lowest BCUT2D eigenvalue weighted by molar-refractivity contribution is 0.202. The highest BCUT2D eigenvalue weighted by atomic mass is 35.5. The van der Waals surface area contributed by atoms with Gasteiger partial charge in [0, 0.05) is 35.0 Å². The number of aromatic nitrogens is 2. The van der Waals surface area contributed by atoms with Crippen molar-refractivity contribution in [2.24, 2.45) is 0 Å². The van der Waals surface area contributed by atoms with Crippen LogP contribution in [0.2, 0.25) is 10.0 Å². The number of hydrogen-bond acceptors (Lipinski definition) is 7. The van der Waals surface area contributed by atoms with Gasteiger partial charge in [0.15, 0.2) is 5.16 Å². The number of hydrogen-bond donors (Lipinski definition) is 2. The van der Waals surface area contributed by atoms with Crippen molar-refractivity contribution in [3.63, 3.8) is 0 Å². The minimum Gasteiger partial charge on any atom is -0.495 e. The van der Waals surface area contributed by atoms with Crippen LogP contribution >= 0.6 is 35.0 Å². The number of carbonyl (C=O) groups excluding carboxylic acids is 1. The predicted octanol–water partition coefficient (Wildman–Crippen LogP) is 7.25. The fourth-order valence-corrected chi connectivity index (χ4v) is 7.73. The second kappa shape index (κ2) is 13.8. The van der Waals surface area contributed by atoms with Crippen LogP contribution in [0.1, 0.15) is 49.1 Å². The minimum atomic E-state index is -4.15. The first-order valence-electron chi connectivity index (χ1n) is 14.5. The molecular formula is C32H34Cl2FN5O4S2. The fraction of sp³-hybridized carbons (Fsp3) is 0.312. The van der Waals surface area contributed by atoms with Gasteiger partial charge in [-0.2, -0.15) is 0 Å². The van der Waals surface area contributed by atoms with Crippen molar-refractivity contribution in [1.82, 2.24) is 24.7 Å². The van der Waals surface area contributed by atoms with Crippen LogP contribution < -0.4 is 14.9 Å². The van der Waals surface area contributed by atoms with Gasteiger partial charge in [-0.25, -0.2) is 32.3 Å². The summed E-state index contributed by atoms with van der Waals surface area (Å²) in [6.07, 6.45) is 3.66. The number of benzene rings is 3. The molecule has 1 fully saturated rings. The first-order valence-corrected chi connectivity index (χ1v) is 17.7. The zero-order chi connectivity index (χ0) is 33.2. The largest absolute Gasteiger partial charge is 0.495 e. The number of nitrogens with one attached hydrogen (secondary N) is 2. The number of ether oxygens (including phenoxy) is 1. The quantitative estimate of drug-likeness (QED) is 0.168. The van der Waals surface area contributed by atoms with E-state index in [9.17, 15) is 17.6 Å². The summed E-state index contributed by atoms with van der Waals surface area (Å²) >= 11 is 14.3. The van der Waals surface area contributed by atoms with Crippen molar-refractivity contribution >= 4 is 51.0 Å². The number of amides is 2. The van der Waals surface area contributed by atoms with E-state index in [1.54, 1.807) is 49.5 Å². The van der Waals surface area contributed by atoms with Crippen LogP contribution in [0.25, 0.3) is 5.69 Å². The van der Waals surface area contributed by atoms with Crippen molar-refractivity contribution < 1.29 is 22.3 Å². The molecule has 0 atom stereocenters. The second-order valence-corrected chi connectivity index (χ2v) is 14.9. The molecule has 3 aromatic carbocycles. The number of urea groups is 1. The van der Waals surface area contributed by atoms with Crippen LogP contribution in [0.15, 0.2) is 70.8 Å². The maximum absolute atomic E-state index is 14.3.